The molecule has 1 saturated heterocycles. The fourth-order valence-corrected chi connectivity index (χ4v) is 4.17. The zero-order valence-electron chi connectivity index (χ0n) is 19.2. The maximum Gasteiger partial charge on any atom is 0.312 e. The molecule has 0 radical (unpaired) electrons. The van der Waals surface area contributed by atoms with Gasteiger partial charge in [0.05, 0.1) is 23.8 Å². The molecule has 1 aromatic carbocycles. The van der Waals surface area contributed by atoms with E-state index >= 15 is 0 Å². The number of nitrogens with one attached hydrogen (secondary N) is 1. The molecule has 0 unspecified atom stereocenters. The number of ketones is 1. The Labute approximate surface area is 214 Å². The van der Waals surface area contributed by atoms with E-state index in [2.05, 4.69) is 15.5 Å². The van der Waals surface area contributed by atoms with E-state index in [0.717, 1.165) is 6.07 Å². The minimum Gasteiger partial charge on any atom is -0.339 e. The monoisotopic (exact) mass is 536 g/mol. The van der Waals surface area contributed by atoms with Crippen LogP contribution in [0.3, 0.4) is 0 Å². The van der Waals surface area contributed by atoms with Gasteiger partial charge in [0.15, 0.2) is 0 Å². The summed E-state index contributed by atoms with van der Waals surface area (Å²) in [6.07, 6.45) is -1.39. The van der Waals surface area contributed by atoms with Crippen LogP contribution in [0.25, 0.3) is 0 Å². The van der Waals surface area contributed by atoms with Gasteiger partial charge in [-0.1, -0.05) is 13.0 Å². The molecule has 7 nitrogen and oxygen atoms in total. The smallest absolute Gasteiger partial charge is 0.312 e. The van der Waals surface area contributed by atoms with Crippen LogP contribution in [0.5, 0.6) is 0 Å². The van der Waals surface area contributed by atoms with E-state index in [1.165, 1.54) is 4.90 Å². The Morgan fingerprint density at radius 2 is 1.89 bits per heavy atom. The fourth-order valence-electron chi connectivity index (χ4n) is 4.17. The van der Waals surface area contributed by atoms with Crippen molar-refractivity contribution in [3.63, 3.8) is 0 Å². The largest absolute Gasteiger partial charge is 0.339 e. The summed E-state index contributed by atoms with van der Waals surface area (Å²) in [6.45, 7) is 3.97. The first-order chi connectivity index (χ1) is 15.6. The Morgan fingerprint density at radius 1 is 1.20 bits per heavy atom. The number of halogens is 4. The number of likely N-dealkylation sites (tertiary alicyclic amines) is 1. The van der Waals surface area contributed by atoms with Gasteiger partial charge in [0.2, 0.25) is 0 Å². The number of carbonyl (C=O) groups excluding carboxylic acids is 3. The molecule has 35 heavy (non-hydrogen) atoms. The molecule has 194 valence electrons. The molecule has 13 heteroatoms. The van der Waals surface area contributed by atoms with Crippen LogP contribution in [-0.4, -0.2) is 47.7 Å². The second-order valence-electron chi connectivity index (χ2n) is 8.00. The average molecular weight is 537 g/mol. The third-order valence-electron chi connectivity index (χ3n) is 6.05. The van der Waals surface area contributed by atoms with Gasteiger partial charge in [-0.15, -0.1) is 0 Å². The first-order valence-electron chi connectivity index (χ1n) is 10.6. The topological polar surface area (TPSA) is 91.2 Å². The summed E-state index contributed by atoms with van der Waals surface area (Å²) in [5, 5.41) is 10.4. The number of carbonyl (C=O) groups is 3. The number of amides is 2. The number of hydrogen-bond donors (Lipinski definition) is 1. The summed E-state index contributed by atoms with van der Waals surface area (Å²) < 4.78 is 53.7. The van der Waals surface area contributed by atoms with E-state index in [1.807, 2.05) is 6.92 Å². The summed E-state index contributed by atoms with van der Waals surface area (Å²) in [6, 6.07) is 0.548. The molecule has 3 atom stereocenters. The highest BCUT2D eigenvalue weighted by Gasteiger charge is 2.40. The molecular weight excluding hydrogens is 508 g/mol. The van der Waals surface area contributed by atoms with Crippen molar-refractivity contribution in [1.29, 1.82) is 0 Å². The summed E-state index contributed by atoms with van der Waals surface area (Å²) >= 11 is 0. The van der Waals surface area contributed by atoms with Crippen LogP contribution in [-0.2, 0) is 20.8 Å². The number of hydrogen-bond acceptors (Lipinski definition) is 5. The van der Waals surface area contributed by atoms with Gasteiger partial charge in [-0.05, 0) is 37.5 Å². The Morgan fingerprint density at radius 3 is 2.46 bits per heavy atom. The van der Waals surface area contributed by atoms with Gasteiger partial charge in [-0.2, -0.15) is 37.2 Å². The van der Waals surface area contributed by atoms with Crippen molar-refractivity contribution in [3.8, 4) is 0 Å². The summed E-state index contributed by atoms with van der Waals surface area (Å²) in [5.41, 5.74) is -1.13. The van der Waals surface area contributed by atoms with Crippen molar-refractivity contribution in [2.45, 2.75) is 51.6 Å². The lowest BCUT2D eigenvalue weighted by Gasteiger charge is -2.25. The maximum atomic E-state index is 14.3. The quantitative estimate of drug-likeness (QED) is 0.425. The number of nitrogens with zero attached hydrogens (tertiary/aromatic N) is 3. The Kier molecular flexibility index (Phi) is 11.4. The van der Waals surface area contributed by atoms with Crippen molar-refractivity contribution in [2.24, 2.45) is 16.1 Å². The highest BCUT2D eigenvalue weighted by Crippen LogP contribution is 2.30. The van der Waals surface area contributed by atoms with Crippen LogP contribution >= 0.6 is 27.0 Å². The minimum absolute atomic E-state index is 0. The van der Waals surface area contributed by atoms with Crippen LogP contribution in [0.2, 0.25) is 0 Å². The SMILES string of the molecule is CC[C@@H](NC(=O)C(=O)N1CC[C@H](C(=O)Cc2ccc(F)c(C(F)F)c2F)[C@@H]1C)C1=CCN=N1.S.S. The van der Waals surface area contributed by atoms with E-state index in [-0.39, 0.29) is 45.5 Å². The Hall–Kier alpha value is -2.41. The highest BCUT2D eigenvalue weighted by atomic mass is 32.1. The van der Waals surface area contributed by atoms with E-state index in [4.69, 9.17) is 0 Å². The first-order valence-corrected chi connectivity index (χ1v) is 10.6. The molecule has 0 bridgehead atoms. The van der Waals surface area contributed by atoms with E-state index < -0.39 is 65.6 Å². The first kappa shape index (κ1) is 30.6. The van der Waals surface area contributed by atoms with E-state index in [0.29, 0.717) is 24.7 Å². The third-order valence-corrected chi connectivity index (χ3v) is 6.05. The van der Waals surface area contributed by atoms with Gasteiger partial charge in [0.1, 0.15) is 17.4 Å². The van der Waals surface area contributed by atoms with Gasteiger partial charge in [0, 0.05) is 24.9 Å². The standard InChI is InChI=1S/C22H24F4N4O3.2H2S/c1-3-15(16-6-8-27-29-16)28-21(32)22(33)30-9-7-13(11(30)2)17(31)10-12-4-5-14(23)18(19(12)24)20(25)26;;/h4-6,11,13,15,20H,3,7-10H2,1-2H3,(H,28,32);2*1H2/t11-,13-,15+;;/m0../s1. The molecule has 0 aliphatic carbocycles. The molecule has 0 saturated carbocycles. The fraction of sp³-hybridized carbons (Fsp3) is 0.500. The predicted octanol–water partition coefficient (Wildman–Crippen LogP) is 3.72. The van der Waals surface area contributed by atoms with Crippen molar-refractivity contribution < 1.29 is 31.9 Å². The van der Waals surface area contributed by atoms with Gasteiger partial charge in [-0.3, -0.25) is 14.4 Å². The summed E-state index contributed by atoms with van der Waals surface area (Å²) in [7, 11) is 0. The van der Waals surface area contributed by atoms with Crippen LogP contribution in [0.4, 0.5) is 17.6 Å². The second kappa shape index (κ2) is 13.1. The zero-order valence-corrected chi connectivity index (χ0v) is 21.2. The van der Waals surface area contributed by atoms with Gasteiger partial charge in [0.25, 0.3) is 6.43 Å². The van der Waals surface area contributed by atoms with Crippen LogP contribution < -0.4 is 5.32 Å². The molecule has 0 aromatic heterocycles. The van der Waals surface area contributed by atoms with Crippen molar-refractivity contribution in [1.82, 2.24) is 10.2 Å². The minimum atomic E-state index is -3.36. The highest BCUT2D eigenvalue weighted by molar-refractivity contribution is 7.59. The normalized spacial score (nSPS) is 19.6. The van der Waals surface area contributed by atoms with Crippen LogP contribution in [0.15, 0.2) is 34.1 Å². The zero-order chi connectivity index (χ0) is 24.3. The number of azo groups is 1. The van der Waals surface area contributed by atoms with Crippen LogP contribution in [0, 0.1) is 17.6 Å². The van der Waals surface area contributed by atoms with Crippen molar-refractivity contribution >= 4 is 44.6 Å². The molecule has 2 aliphatic rings. The Bertz CT molecular complexity index is 1020. The molecule has 2 heterocycles. The number of alkyl halides is 2. The van der Waals surface area contributed by atoms with Crippen molar-refractivity contribution in [3.05, 3.63) is 46.7 Å². The number of rotatable bonds is 7. The molecule has 1 fully saturated rings. The molecule has 1 aromatic rings. The van der Waals surface area contributed by atoms with Crippen molar-refractivity contribution in [2.75, 3.05) is 13.1 Å². The lowest BCUT2D eigenvalue weighted by molar-refractivity contribution is -0.147. The van der Waals surface area contributed by atoms with Gasteiger partial charge < -0.3 is 10.2 Å². The predicted molar refractivity (Wildman–Crippen MR) is 130 cm³/mol. The van der Waals surface area contributed by atoms with Crippen LogP contribution in [0.1, 0.15) is 44.2 Å². The molecule has 2 amide bonds. The second-order valence-corrected chi connectivity index (χ2v) is 8.00. The number of benzene rings is 1. The Balaban J connectivity index is 0.00000306. The summed E-state index contributed by atoms with van der Waals surface area (Å²) in [4.78, 5) is 39.2. The lowest BCUT2D eigenvalue weighted by atomic mass is 9.91. The third kappa shape index (κ3) is 6.63. The van der Waals surface area contributed by atoms with Gasteiger partial charge >= 0.3 is 11.8 Å². The molecule has 1 N–H and O–H groups in total. The average Bonchev–Trinajstić information content (AvgIpc) is 3.43. The number of Topliss-reactive ketones (excluding diaryl/α,β-unsaturated/α-hetero) is 1. The van der Waals surface area contributed by atoms with Gasteiger partial charge in [-0.25, -0.2) is 17.6 Å². The maximum absolute atomic E-state index is 14.3. The lowest BCUT2D eigenvalue weighted by Crippen LogP contribution is -2.48. The molecule has 3 rings (SSSR count). The molecule has 2 aliphatic heterocycles. The molecule has 0 spiro atoms. The van der Waals surface area contributed by atoms with E-state index in [9.17, 15) is 31.9 Å². The summed E-state index contributed by atoms with van der Waals surface area (Å²) in [5.74, 6) is -5.66. The van der Waals surface area contributed by atoms with E-state index in [1.54, 1.807) is 13.0 Å². The molecular formula is C22H28F4N4O3S2.